The molecule has 0 spiro atoms. The average Bonchev–Trinajstić information content (AvgIpc) is 2.76. The van der Waals surface area contributed by atoms with Gasteiger partial charge in [-0.1, -0.05) is 0 Å². The lowest BCUT2D eigenvalue weighted by Gasteiger charge is -2.02. The molecule has 2 aromatic rings. The molecule has 0 aliphatic carbocycles. The maximum Gasteiger partial charge on any atom is 0.245 e. The molecule has 98 valence electrons. The molecule has 2 rings (SSSR count). The Bertz CT molecular complexity index is 668. The molecule has 1 aromatic carbocycles. The Kier molecular flexibility index (Phi) is 3.91. The fourth-order valence-electron chi connectivity index (χ4n) is 1.54. The molecule has 1 amide bonds. The van der Waals surface area contributed by atoms with Crippen molar-refractivity contribution in [3.8, 4) is 5.75 Å². The van der Waals surface area contributed by atoms with Gasteiger partial charge in [0.25, 0.3) is 0 Å². The highest BCUT2D eigenvalue weighted by molar-refractivity contribution is 7.07. The van der Waals surface area contributed by atoms with Gasteiger partial charge in [0.2, 0.25) is 5.91 Å². The van der Waals surface area contributed by atoms with Crippen LogP contribution < -0.4 is 4.80 Å². The van der Waals surface area contributed by atoms with E-state index in [0.717, 1.165) is 0 Å². The second-order valence-corrected chi connectivity index (χ2v) is 4.79. The summed E-state index contributed by atoms with van der Waals surface area (Å²) in [4.78, 5) is 27.3. The number of rotatable bonds is 3. The van der Waals surface area contributed by atoms with Gasteiger partial charge < -0.3 is 9.67 Å². The number of nitrogens with zero attached hydrogens (tertiary/aromatic N) is 2. The van der Waals surface area contributed by atoms with Gasteiger partial charge in [0.15, 0.2) is 10.6 Å². The van der Waals surface area contributed by atoms with Crippen molar-refractivity contribution in [2.24, 2.45) is 4.99 Å². The molecule has 19 heavy (non-hydrogen) atoms. The van der Waals surface area contributed by atoms with E-state index in [9.17, 15) is 14.7 Å². The van der Waals surface area contributed by atoms with Crippen molar-refractivity contribution in [3.05, 3.63) is 46.2 Å². The van der Waals surface area contributed by atoms with Crippen molar-refractivity contribution >= 4 is 23.0 Å². The topological polar surface area (TPSA) is 71.7 Å². The predicted molar refractivity (Wildman–Crippen MR) is 71.0 cm³/mol. The van der Waals surface area contributed by atoms with Crippen molar-refractivity contribution in [2.45, 2.75) is 13.5 Å². The summed E-state index contributed by atoms with van der Waals surface area (Å²) >= 11 is 1.30. The third-order valence-corrected chi connectivity index (χ3v) is 3.21. The first-order chi connectivity index (χ1) is 9.06. The molecule has 0 unspecified atom stereocenters. The fraction of sp³-hybridized carbons (Fsp3) is 0.154. The predicted octanol–water partition coefficient (Wildman–Crippen LogP) is 1.59. The largest absolute Gasteiger partial charge is 0.508 e. The van der Waals surface area contributed by atoms with Crippen molar-refractivity contribution < 1.29 is 14.7 Å². The van der Waals surface area contributed by atoms with E-state index >= 15 is 0 Å². The monoisotopic (exact) mass is 276 g/mol. The number of ketones is 1. The van der Waals surface area contributed by atoms with Gasteiger partial charge >= 0.3 is 0 Å². The zero-order chi connectivity index (χ0) is 13.8. The maximum absolute atomic E-state index is 12.0. The number of carbonyl (C=O) groups excluding carboxylic acids is 2. The molecule has 1 N–H and O–H groups in total. The van der Waals surface area contributed by atoms with Crippen LogP contribution in [0.1, 0.15) is 17.3 Å². The van der Waals surface area contributed by atoms with Crippen molar-refractivity contribution in [2.75, 3.05) is 0 Å². The Balaban J connectivity index is 2.22. The summed E-state index contributed by atoms with van der Waals surface area (Å²) in [6.07, 6.45) is 1.71. The Labute approximate surface area is 113 Å². The van der Waals surface area contributed by atoms with Crippen molar-refractivity contribution in [3.63, 3.8) is 0 Å². The lowest BCUT2D eigenvalue weighted by Crippen LogP contribution is -2.20. The Morgan fingerprint density at radius 2 is 2.00 bits per heavy atom. The summed E-state index contributed by atoms with van der Waals surface area (Å²) < 4.78 is 1.63. The van der Waals surface area contributed by atoms with Crippen molar-refractivity contribution in [1.82, 2.24) is 4.57 Å². The molecule has 0 radical (unpaired) electrons. The molecule has 6 heteroatoms. The first-order valence-corrected chi connectivity index (χ1v) is 6.45. The number of thiazole rings is 1. The standard InChI is InChI=1S/C13H12N2O3S/c1-9(16)14-13-15(6-7-19-13)8-12(18)10-2-4-11(17)5-3-10/h2-7,17H,8H2,1H3. The van der Waals surface area contributed by atoms with E-state index < -0.39 is 0 Å². The van der Waals surface area contributed by atoms with Gasteiger partial charge in [0, 0.05) is 24.1 Å². The normalized spacial score (nSPS) is 11.5. The van der Waals surface area contributed by atoms with Crippen LogP contribution in [0.2, 0.25) is 0 Å². The minimum Gasteiger partial charge on any atom is -0.508 e. The smallest absolute Gasteiger partial charge is 0.245 e. The summed E-state index contributed by atoms with van der Waals surface area (Å²) in [6, 6.07) is 6.05. The number of amides is 1. The van der Waals surface area contributed by atoms with E-state index in [4.69, 9.17) is 0 Å². The Morgan fingerprint density at radius 3 is 2.63 bits per heavy atom. The van der Waals surface area contributed by atoms with E-state index in [0.29, 0.717) is 10.4 Å². The van der Waals surface area contributed by atoms with Gasteiger partial charge in [-0.25, -0.2) is 0 Å². The maximum atomic E-state index is 12.0. The number of phenolic OH excluding ortho intramolecular Hbond substituents is 1. The molecule has 5 nitrogen and oxygen atoms in total. The number of hydrogen-bond donors (Lipinski definition) is 1. The number of aromatic hydroxyl groups is 1. The molecule has 0 saturated heterocycles. The number of phenols is 1. The Morgan fingerprint density at radius 1 is 1.32 bits per heavy atom. The second-order valence-electron chi connectivity index (χ2n) is 3.91. The lowest BCUT2D eigenvalue weighted by molar-refractivity contribution is -0.116. The van der Waals surface area contributed by atoms with Crippen LogP contribution in [-0.2, 0) is 11.3 Å². The highest BCUT2D eigenvalue weighted by atomic mass is 32.1. The van der Waals surface area contributed by atoms with E-state index in [-0.39, 0.29) is 24.0 Å². The molecular formula is C13H12N2O3S. The molecule has 1 heterocycles. The summed E-state index contributed by atoms with van der Waals surface area (Å²) in [5.74, 6) is -0.288. The number of carbonyl (C=O) groups is 2. The minimum atomic E-state index is -0.298. The highest BCUT2D eigenvalue weighted by Gasteiger charge is 2.08. The first-order valence-electron chi connectivity index (χ1n) is 5.58. The van der Waals surface area contributed by atoms with Crippen LogP contribution in [0.25, 0.3) is 0 Å². The summed E-state index contributed by atoms with van der Waals surface area (Å²) in [5, 5.41) is 10.9. The van der Waals surface area contributed by atoms with Gasteiger partial charge in [-0.15, -0.1) is 11.3 Å². The molecule has 0 bridgehead atoms. The quantitative estimate of drug-likeness (QED) is 0.865. The van der Waals surface area contributed by atoms with Crippen LogP contribution in [0.15, 0.2) is 40.8 Å². The zero-order valence-electron chi connectivity index (χ0n) is 10.2. The third-order valence-electron chi connectivity index (χ3n) is 2.42. The van der Waals surface area contributed by atoms with Crippen LogP contribution in [-0.4, -0.2) is 21.4 Å². The molecule has 0 aliphatic heterocycles. The van der Waals surface area contributed by atoms with Crippen LogP contribution >= 0.6 is 11.3 Å². The number of Topliss-reactive ketones (excluding diaryl/α,β-unsaturated/α-hetero) is 1. The molecule has 0 aliphatic rings. The number of hydrogen-bond acceptors (Lipinski definition) is 4. The summed E-state index contributed by atoms with van der Waals surface area (Å²) in [6.45, 7) is 1.48. The van der Waals surface area contributed by atoms with Gasteiger partial charge in [0.1, 0.15) is 5.75 Å². The van der Waals surface area contributed by atoms with E-state index in [1.54, 1.807) is 28.3 Å². The first kappa shape index (κ1) is 13.2. The minimum absolute atomic E-state index is 0.108. The Hall–Kier alpha value is -2.21. The van der Waals surface area contributed by atoms with E-state index in [1.165, 1.54) is 30.4 Å². The van der Waals surface area contributed by atoms with Gasteiger partial charge in [-0.05, 0) is 24.3 Å². The SMILES string of the molecule is CC(=O)N=c1sccn1CC(=O)c1ccc(O)cc1. The van der Waals surface area contributed by atoms with Crippen molar-refractivity contribution in [1.29, 1.82) is 0 Å². The van der Waals surface area contributed by atoms with E-state index in [1.807, 2.05) is 0 Å². The summed E-state index contributed by atoms with van der Waals surface area (Å²) in [7, 11) is 0. The molecule has 0 fully saturated rings. The molecule has 0 saturated carbocycles. The fourth-order valence-corrected chi connectivity index (χ4v) is 2.31. The second kappa shape index (κ2) is 5.62. The van der Waals surface area contributed by atoms with Gasteiger partial charge in [-0.2, -0.15) is 4.99 Å². The number of benzene rings is 1. The summed E-state index contributed by atoms with van der Waals surface area (Å²) in [5.41, 5.74) is 0.505. The average molecular weight is 276 g/mol. The van der Waals surface area contributed by atoms with Gasteiger partial charge in [-0.3, -0.25) is 9.59 Å². The molecular weight excluding hydrogens is 264 g/mol. The lowest BCUT2D eigenvalue weighted by atomic mass is 10.1. The molecule has 0 atom stereocenters. The highest BCUT2D eigenvalue weighted by Crippen LogP contribution is 2.10. The van der Waals surface area contributed by atoms with Crippen LogP contribution in [0.4, 0.5) is 0 Å². The van der Waals surface area contributed by atoms with Crippen LogP contribution in [0.3, 0.4) is 0 Å². The molecule has 1 aromatic heterocycles. The van der Waals surface area contributed by atoms with Crippen LogP contribution in [0, 0.1) is 0 Å². The zero-order valence-corrected chi connectivity index (χ0v) is 11.1. The van der Waals surface area contributed by atoms with E-state index in [2.05, 4.69) is 4.99 Å². The van der Waals surface area contributed by atoms with Gasteiger partial charge in [0.05, 0.1) is 6.54 Å². The number of aromatic nitrogens is 1. The third kappa shape index (κ3) is 3.38. The van der Waals surface area contributed by atoms with Crippen LogP contribution in [0.5, 0.6) is 5.75 Å².